The Kier molecular flexibility index (Phi) is 6.08. The van der Waals surface area contributed by atoms with Gasteiger partial charge in [0.05, 0.1) is 36.8 Å². The Morgan fingerprint density at radius 3 is 3.00 bits per heavy atom. The van der Waals surface area contributed by atoms with E-state index < -0.39 is 5.41 Å². The fourth-order valence-electron chi connectivity index (χ4n) is 5.76. The number of aromatic nitrogens is 2. The SMILES string of the molecule is C=CC(=O)N1CCN(c2nc(OC)nc3c2NC(=O)C2(CCCc4c(F)cccc42)C3)CC1CC#N. The fourth-order valence-corrected chi connectivity index (χ4v) is 5.76. The van der Waals surface area contributed by atoms with E-state index in [1.165, 1.54) is 19.3 Å². The van der Waals surface area contributed by atoms with E-state index in [4.69, 9.17) is 4.74 Å². The number of hydrogen-bond acceptors (Lipinski definition) is 7. The molecule has 1 N–H and O–H groups in total. The average molecular weight is 491 g/mol. The first-order valence-electron chi connectivity index (χ1n) is 12.0. The third-order valence-electron chi connectivity index (χ3n) is 7.50. The van der Waals surface area contributed by atoms with Gasteiger partial charge in [0.2, 0.25) is 11.8 Å². The summed E-state index contributed by atoms with van der Waals surface area (Å²) in [4.78, 5) is 38.7. The Bertz CT molecular complexity index is 1290. The predicted octanol–water partition coefficient (Wildman–Crippen LogP) is 2.51. The third-order valence-corrected chi connectivity index (χ3v) is 7.50. The van der Waals surface area contributed by atoms with E-state index in [1.54, 1.807) is 11.0 Å². The van der Waals surface area contributed by atoms with Gasteiger partial charge in [-0.3, -0.25) is 9.59 Å². The molecule has 10 heteroatoms. The molecule has 1 aromatic carbocycles. The van der Waals surface area contributed by atoms with Crippen LogP contribution in [0.5, 0.6) is 6.01 Å². The lowest BCUT2D eigenvalue weighted by Gasteiger charge is -2.44. The number of nitriles is 1. The molecule has 9 nitrogen and oxygen atoms in total. The number of piperazine rings is 1. The van der Waals surface area contributed by atoms with Crippen molar-refractivity contribution in [1.29, 1.82) is 5.26 Å². The molecule has 3 heterocycles. The van der Waals surface area contributed by atoms with Crippen LogP contribution in [0.25, 0.3) is 0 Å². The van der Waals surface area contributed by atoms with Crippen LogP contribution in [0, 0.1) is 17.1 Å². The summed E-state index contributed by atoms with van der Waals surface area (Å²) >= 11 is 0. The second-order valence-corrected chi connectivity index (χ2v) is 9.39. The second kappa shape index (κ2) is 9.22. The standard InChI is InChI=1S/C26H27FN6O3/c1-3-21(34)33-13-12-32(15-16(33)9-11-28)23-22-20(29-25(31-23)36-2)14-26(24(35)30-22)10-5-6-17-18(26)7-4-8-19(17)27/h3-4,7-8,16H,1,5-6,9-10,12-15H2,2H3,(H,30,35). The molecule has 186 valence electrons. The van der Waals surface area contributed by atoms with Crippen molar-refractivity contribution in [1.82, 2.24) is 14.9 Å². The van der Waals surface area contributed by atoms with Gasteiger partial charge < -0.3 is 19.9 Å². The van der Waals surface area contributed by atoms with Gasteiger partial charge in [0.15, 0.2) is 5.82 Å². The molecule has 36 heavy (non-hydrogen) atoms. The van der Waals surface area contributed by atoms with Crippen molar-refractivity contribution >= 4 is 23.3 Å². The minimum absolute atomic E-state index is 0.151. The van der Waals surface area contributed by atoms with Gasteiger partial charge in [-0.15, -0.1) is 0 Å². The Morgan fingerprint density at radius 1 is 1.42 bits per heavy atom. The third kappa shape index (κ3) is 3.75. The maximum Gasteiger partial charge on any atom is 0.318 e. The summed E-state index contributed by atoms with van der Waals surface area (Å²) in [7, 11) is 1.48. The largest absolute Gasteiger partial charge is 0.467 e. The van der Waals surface area contributed by atoms with Crippen molar-refractivity contribution in [2.24, 2.45) is 0 Å². The second-order valence-electron chi connectivity index (χ2n) is 9.39. The monoisotopic (exact) mass is 490 g/mol. The van der Waals surface area contributed by atoms with Gasteiger partial charge in [0, 0.05) is 26.1 Å². The molecule has 1 fully saturated rings. The fraction of sp³-hybridized carbons (Fsp3) is 0.423. The topological polar surface area (TPSA) is 111 Å². The molecule has 1 aliphatic carbocycles. The molecule has 2 atom stereocenters. The highest BCUT2D eigenvalue weighted by molar-refractivity contribution is 6.04. The summed E-state index contributed by atoms with van der Waals surface area (Å²) in [6.45, 7) is 4.74. The highest BCUT2D eigenvalue weighted by Crippen LogP contribution is 2.47. The van der Waals surface area contributed by atoms with Crippen LogP contribution in [0.4, 0.5) is 15.9 Å². The Hall–Kier alpha value is -4.00. The van der Waals surface area contributed by atoms with E-state index in [-0.39, 0.29) is 36.1 Å². The van der Waals surface area contributed by atoms with Gasteiger partial charge in [-0.1, -0.05) is 18.7 Å². The zero-order valence-corrected chi connectivity index (χ0v) is 20.1. The lowest BCUT2D eigenvalue weighted by Crippen LogP contribution is -2.55. The molecular weight excluding hydrogens is 463 g/mol. The van der Waals surface area contributed by atoms with E-state index in [2.05, 4.69) is 27.9 Å². The molecule has 0 saturated carbocycles. The van der Waals surface area contributed by atoms with Gasteiger partial charge >= 0.3 is 6.01 Å². The number of carbonyl (C=O) groups is 2. The molecule has 0 bridgehead atoms. The highest BCUT2D eigenvalue weighted by Gasteiger charge is 2.48. The Labute approximate surface area is 208 Å². The summed E-state index contributed by atoms with van der Waals surface area (Å²) < 4.78 is 20.0. The zero-order valence-electron chi connectivity index (χ0n) is 20.1. The highest BCUT2D eigenvalue weighted by atomic mass is 19.1. The Morgan fingerprint density at radius 2 is 2.25 bits per heavy atom. The van der Waals surface area contributed by atoms with E-state index in [9.17, 15) is 19.2 Å². The number of methoxy groups -OCH3 is 1. The number of fused-ring (bicyclic) bond motifs is 3. The van der Waals surface area contributed by atoms with Crippen LogP contribution < -0.4 is 15.0 Å². The maximum atomic E-state index is 14.6. The number of carbonyl (C=O) groups excluding carboxylic acids is 2. The van der Waals surface area contributed by atoms with Crippen molar-refractivity contribution in [3.63, 3.8) is 0 Å². The molecule has 3 aliphatic rings. The Balaban J connectivity index is 1.55. The van der Waals surface area contributed by atoms with Crippen LogP contribution in [0.15, 0.2) is 30.9 Å². The van der Waals surface area contributed by atoms with E-state index >= 15 is 0 Å². The van der Waals surface area contributed by atoms with Gasteiger partial charge in [0.1, 0.15) is 11.5 Å². The summed E-state index contributed by atoms with van der Waals surface area (Å²) in [5.41, 5.74) is 1.49. The van der Waals surface area contributed by atoms with Crippen molar-refractivity contribution in [3.8, 4) is 12.1 Å². The smallest absolute Gasteiger partial charge is 0.318 e. The number of rotatable bonds is 4. The molecule has 0 radical (unpaired) electrons. The van der Waals surface area contributed by atoms with Crippen molar-refractivity contribution < 1.29 is 18.7 Å². The molecular formula is C26H27FN6O3. The number of anilines is 2. The molecule has 2 aliphatic heterocycles. The molecule has 5 rings (SSSR count). The number of ether oxygens (including phenoxy) is 1. The summed E-state index contributed by atoms with van der Waals surface area (Å²) in [6.07, 6.45) is 3.57. The lowest BCUT2D eigenvalue weighted by molar-refractivity contribution is -0.128. The van der Waals surface area contributed by atoms with Crippen LogP contribution in [0.2, 0.25) is 0 Å². The number of hydrogen-bond donors (Lipinski definition) is 1. The van der Waals surface area contributed by atoms with Crippen LogP contribution in [0.3, 0.4) is 0 Å². The quantitative estimate of drug-likeness (QED) is 0.656. The van der Waals surface area contributed by atoms with Crippen LogP contribution in [-0.4, -0.2) is 59.5 Å². The molecule has 2 aromatic rings. The van der Waals surface area contributed by atoms with Crippen molar-refractivity contribution in [2.75, 3.05) is 37.0 Å². The van der Waals surface area contributed by atoms with Gasteiger partial charge in [0.25, 0.3) is 0 Å². The van der Waals surface area contributed by atoms with Crippen LogP contribution in [0.1, 0.15) is 36.1 Å². The first-order chi connectivity index (χ1) is 17.4. The van der Waals surface area contributed by atoms with Crippen LogP contribution in [-0.2, 0) is 27.8 Å². The van der Waals surface area contributed by atoms with E-state index in [1.807, 2.05) is 11.0 Å². The first-order valence-corrected chi connectivity index (χ1v) is 12.0. The van der Waals surface area contributed by atoms with Crippen molar-refractivity contribution in [3.05, 3.63) is 53.5 Å². The summed E-state index contributed by atoms with van der Waals surface area (Å²) in [5, 5.41) is 12.4. The molecule has 2 amide bonds. The minimum atomic E-state index is -0.919. The van der Waals surface area contributed by atoms with Gasteiger partial charge in [-0.25, -0.2) is 4.39 Å². The van der Waals surface area contributed by atoms with Crippen molar-refractivity contribution in [2.45, 2.75) is 43.6 Å². The number of halogens is 1. The average Bonchev–Trinajstić information content (AvgIpc) is 2.89. The van der Waals surface area contributed by atoms with E-state index in [0.717, 1.165) is 0 Å². The molecule has 2 unspecified atom stereocenters. The lowest BCUT2D eigenvalue weighted by atomic mass is 9.65. The minimum Gasteiger partial charge on any atom is -0.467 e. The van der Waals surface area contributed by atoms with E-state index in [0.29, 0.717) is 73.6 Å². The predicted molar refractivity (Wildman–Crippen MR) is 130 cm³/mol. The number of benzene rings is 1. The zero-order chi connectivity index (χ0) is 25.4. The van der Waals surface area contributed by atoms with Gasteiger partial charge in [-0.05, 0) is 42.5 Å². The van der Waals surface area contributed by atoms with Gasteiger partial charge in [-0.2, -0.15) is 15.2 Å². The molecule has 1 aromatic heterocycles. The summed E-state index contributed by atoms with van der Waals surface area (Å²) in [5.74, 6) is -0.230. The molecule has 1 spiro atoms. The number of amides is 2. The molecule has 1 saturated heterocycles. The maximum absolute atomic E-state index is 14.6. The number of nitrogens with zero attached hydrogens (tertiary/aromatic N) is 5. The first kappa shape index (κ1) is 23.7. The number of nitrogens with one attached hydrogen (secondary N) is 1. The normalized spacial score (nSPS) is 22.8. The summed E-state index contributed by atoms with van der Waals surface area (Å²) in [6, 6.07) is 6.87. The van der Waals surface area contributed by atoms with Crippen LogP contribution >= 0.6 is 0 Å².